The first kappa shape index (κ1) is 19.4. The molecule has 0 atom stereocenters. The molecule has 2 aromatic carbocycles. The maximum Gasteiger partial charge on any atom is 0.254 e. The summed E-state index contributed by atoms with van der Waals surface area (Å²) in [5.74, 6) is -0.0108. The number of aromatic nitrogens is 2. The average Bonchev–Trinajstić information content (AvgIpc) is 3.11. The molecule has 1 N–H and O–H groups in total. The Balaban J connectivity index is 1.30. The zero-order valence-electron chi connectivity index (χ0n) is 16.9. The van der Waals surface area contributed by atoms with Gasteiger partial charge in [-0.05, 0) is 30.9 Å². The Kier molecular flexibility index (Phi) is 6.06. The van der Waals surface area contributed by atoms with Gasteiger partial charge in [0, 0.05) is 31.4 Å². The molecule has 0 spiro atoms. The lowest BCUT2D eigenvalue weighted by molar-refractivity contribution is 0.0908. The van der Waals surface area contributed by atoms with Crippen molar-refractivity contribution >= 4 is 5.91 Å². The van der Waals surface area contributed by atoms with E-state index in [0.29, 0.717) is 12.1 Å². The Labute approximate surface area is 172 Å². The molecule has 150 valence electrons. The van der Waals surface area contributed by atoms with Crippen LogP contribution < -0.4 is 5.32 Å². The highest BCUT2D eigenvalue weighted by Gasteiger charge is 2.23. The number of piperidine rings is 1. The van der Waals surface area contributed by atoms with Crippen molar-refractivity contribution in [2.75, 3.05) is 13.1 Å². The van der Waals surface area contributed by atoms with Gasteiger partial charge in [0.1, 0.15) is 0 Å². The third kappa shape index (κ3) is 4.93. The second kappa shape index (κ2) is 9.05. The number of nitrogens with one attached hydrogen (secondary N) is 1. The molecule has 1 aliphatic rings. The van der Waals surface area contributed by atoms with Crippen molar-refractivity contribution in [2.24, 2.45) is 0 Å². The van der Waals surface area contributed by atoms with Crippen molar-refractivity contribution in [3.05, 3.63) is 89.2 Å². The van der Waals surface area contributed by atoms with E-state index in [-0.39, 0.29) is 11.9 Å². The van der Waals surface area contributed by atoms with Gasteiger partial charge in [-0.2, -0.15) is 5.10 Å². The maximum absolute atomic E-state index is 12.8. The van der Waals surface area contributed by atoms with Crippen LogP contribution in [0.5, 0.6) is 0 Å². The van der Waals surface area contributed by atoms with Crippen LogP contribution in [0, 0.1) is 6.92 Å². The van der Waals surface area contributed by atoms with Gasteiger partial charge in [0.2, 0.25) is 0 Å². The first-order valence-corrected chi connectivity index (χ1v) is 10.3. The minimum absolute atomic E-state index is 0.0108. The van der Waals surface area contributed by atoms with Crippen LogP contribution in [0.2, 0.25) is 0 Å². The summed E-state index contributed by atoms with van der Waals surface area (Å²) in [4.78, 5) is 15.3. The van der Waals surface area contributed by atoms with E-state index in [0.717, 1.165) is 38.2 Å². The monoisotopic (exact) mass is 388 g/mol. The Hall–Kier alpha value is -2.92. The third-order valence-electron chi connectivity index (χ3n) is 5.69. The Bertz CT molecular complexity index is 928. The van der Waals surface area contributed by atoms with E-state index in [9.17, 15) is 4.79 Å². The molecule has 1 aromatic heterocycles. The molecule has 1 fully saturated rings. The van der Waals surface area contributed by atoms with Gasteiger partial charge in [0.25, 0.3) is 5.91 Å². The molecule has 5 heteroatoms. The van der Waals surface area contributed by atoms with E-state index in [1.165, 1.54) is 11.1 Å². The molecule has 2 heterocycles. The topological polar surface area (TPSA) is 50.2 Å². The van der Waals surface area contributed by atoms with Crippen LogP contribution in [0.1, 0.15) is 40.0 Å². The van der Waals surface area contributed by atoms with E-state index in [2.05, 4.69) is 57.8 Å². The second-order valence-corrected chi connectivity index (χ2v) is 7.80. The van der Waals surface area contributed by atoms with Crippen LogP contribution >= 0.6 is 0 Å². The van der Waals surface area contributed by atoms with Crippen molar-refractivity contribution in [3.8, 4) is 0 Å². The zero-order valence-corrected chi connectivity index (χ0v) is 16.9. The fourth-order valence-electron chi connectivity index (χ4n) is 3.93. The van der Waals surface area contributed by atoms with E-state index >= 15 is 0 Å². The van der Waals surface area contributed by atoms with Gasteiger partial charge < -0.3 is 5.32 Å². The molecule has 0 aliphatic carbocycles. The number of likely N-dealkylation sites (tertiary alicyclic amines) is 1. The van der Waals surface area contributed by atoms with Crippen molar-refractivity contribution in [1.29, 1.82) is 0 Å². The van der Waals surface area contributed by atoms with Gasteiger partial charge >= 0.3 is 0 Å². The van der Waals surface area contributed by atoms with Crippen LogP contribution in [0.25, 0.3) is 0 Å². The normalized spacial score (nSPS) is 15.3. The summed E-state index contributed by atoms with van der Waals surface area (Å²) in [6, 6.07) is 21.0. The Morgan fingerprint density at radius 1 is 0.966 bits per heavy atom. The van der Waals surface area contributed by atoms with Gasteiger partial charge in [0.15, 0.2) is 0 Å². The van der Waals surface area contributed by atoms with Gasteiger partial charge in [-0.3, -0.25) is 14.4 Å². The summed E-state index contributed by atoms with van der Waals surface area (Å²) in [6.07, 6.45) is 3.66. The third-order valence-corrected chi connectivity index (χ3v) is 5.69. The van der Waals surface area contributed by atoms with Gasteiger partial charge in [-0.25, -0.2) is 0 Å². The highest BCUT2D eigenvalue weighted by Crippen LogP contribution is 2.16. The standard InChI is InChI=1S/C24H28N4O/c1-19-23(16-25-28(19)18-21-10-6-3-7-11-21)24(29)26-22-12-14-27(15-13-22)17-20-8-4-2-5-9-20/h2-11,16,22H,12-15,17-18H2,1H3,(H,26,29). The lowest BCUT2D eigenvalue weighted by Crippen LogP contribution is -2.44. The second-order valence-electron chi connectivity index (χ2n) is 7.80. The number of benzene rings is 2. The summed E-state index contributed by atoms with van der Waals surface area (Å²) in [7, 11) is 0. The van der Waals surface area contributed by atoms with Crippen molar-refractivity contribution in [2.45, 2.75) is 38.9 Å². The lowest BCUT2D eigenvalue weighted by atomic mass is 10.0. The molecule has 1 amide bonds. The van der Waals surface area contributed by atoms with Gasteiger partial charge in [-0.15, -0.1) is 0 Å². The van der Waals surface area contributed by atoms with Crippen LogP contribution in [0.3, 0.4) is 0 Å². The molecule has 3 aromatic rings. The summed E-state index contributed by atoms with van der Waals surface area (Å²) >= 11 is 0. The number of hydrogen-bond acceptors (Lipinski definition) is 3. The van der Waals surface area contributed by atoms with Crippen molar-refractivity contribution in [3.63, 3.8) is 0 Å². The number of amides is 1. The van der Waals surface area contributed by atoms with Crippen molar-refractivity contribution < 1.29 is 4.79 Å². The number of hydrogen-bond donors (Lipinski definition) is 1. The first-order valence-electron chi connectivity index (χ1n) is 10.3. The van der Waals surface area contributed by atoms with Gasteiger partial charge in [-0.1, -0.05) is 60.7 Å². The van der Waals surface area contributed by atoms with Crippen molar-refractivity contribution in [1.82, 2.24) is 20.0 Å². The predicted molar refractivity (Wildman–Crippen MR) is 115 cm³/mol. The number of carbonyl (C=O) groups is 1. The summed E-state index contributed by atoms with van der Waals surface area (Å²) in [5.41, 5.74) is 4.10. The number of carbonyl (C=O) groups excluding carboxylic acids is 1. The Morgan fingerprint density at radius 2 is 1.55 bits per heavy atom. The zero-order chi connectivity index (χ0) is 20.1. The highest BCUT2D eigenvalue weighted by molar-refractivity contribution is 5.95. The lowest BCUT2D eigenvalue weighted by Gasteiger charge is -2.32. The molecule has 1 saturated heterocycles. The van der Waals surface area contributed by atoms with E-state index < -0.39 is 0 Å². The molecular formula is C24H28N4O. The molecule has 4 rings (SSSR count). The largest absolute Gasteiger partial charge is 0.349 e. The predicted octanol–water partition coefficient (Wildman–Crippen LogP) is 3.63. The fraction of sp³-hybridized carbons (Fsp3) is 0.333. The van der Waals surface area contributed by atoms with Crippen LogP contribution in [-0.4, -0.2) is 39.7 Å². The molecular weight excluding hydrogens is 360 g/mol. The average molecular weight is 389 g/mol. The van der Waals surface area contributed by atoms with Crippen LogP contribution in [-0.2, 0) is 13.1 Å². The molecule has 0 unspecified atom stereocenters. The van der Waals surface area contributed by atoms with E-state index in [4.69, 9.17) is 0 Å². The SMILES string of the molecule is Cc1c(C(=O)NC2CCN(Cc3ccccc3)CC2)cnn1Cc1ccccc1. The number of rotatable bonds is 6. The number of nitrogens with zero attached hydrogens (tertiary/aromatic N) is 3. The van der Waals surface area contributed by atoms with Gasteiger partial charge in [0.05, 0.1) is 18.3 Å². The summed E-state index contributed by atoms with van der Waals surface area (Å²) in [5, 5.41) is 7.65. The minimum Gasteiger partial charge on any atom is -0.349 e. The molecule has 0 saturated carbocycles. The smallest absolute Gasteiger partial charge is 0.254 e. The maximum atomic E-state index is 12.8. The van der Waals surface area contributed by atoms with E-state index in [1.807, 2.05) is 29.8 Å². The van der Waals surface area contributed by atoms with Crippen LogP contribution in [0.4, 0.5) is 0 Å². The molecule has 0 bridgehead atoms. The molecule has 1 aliphatic heterocycles. The fourth-order valence-corrected chi connectivity index (χ4v) is 3.93. The summed E-state index contributed by atoms with van der Waals surface area (Å²) < 4.78 is 1.90. The summed E-state index contributed by atoms with van der Waals surface area (Å²) in [6.45, 7) is 5.64. The molecule has 0 radical (unpaired) electrons. The molecule has 29 heavy (non-hydrogen) atoms. The minimum atomic E-state index is -0.0108. The molecule has 5 nitrogen and oxygen atoms in total. The Morgan fingerprint density at radius 3 is 2.17 bits per heavy atom. The van der Waals surface area contributed by atoms with E-state index in [1.54, 1.807) is 6.20 Å². The quantitative estimate of drug-likeness (QED) is 0.701. The first-order chi connectivity index (χ1) is 14.2. The highest BCUT2D eigenvalue weighted by atomic mass is 16.1. The van der Waals surface area contributed by atoms with Crippen LogP contribution in [0.15, 0.2) is 66.9 Å².